The first-order chi connectivity index (χ1) is 7.58. The molecule has 2 aromatic heterocycles. The molecule has 0 radical (unpaired) electrons. The highest BCUT2D eigenvalue weighted by Gasteiger charge is 2.22. The summed E-state index contributed by atoms with van der Waals surface area (Å²) in [5.74, 6) is 0. The van der Waals surface area contributed by atoms with E-state index >= 15 is 0 Å². The summed E-state index contributed by atoms with van der Waals surface area (Å²) in [6.07, 6.45) is 5.88. The third kappa shape index (κ3) is 2.51. The van der Waals surface area contributed by atoms with Crippen LogP contribution in [0, 0.1) is 6.92 Å². The van der Waals surface area contributed by atoms with Gasteiger partial charge in [-0.1, -0.05) is 0 Å². The van der Waals surface area contributed by atoms with Gasteiger partial charge in [0, 0.05) is 30.0 Å². The van der Waals surface area contributed by atoms with Crippen molar-refractivity contribution in [3.8, 4) is 0 Å². The van der Waals surface area contributed by atoms with Gasteiger partial charge in [0.1, 0.15) is 5.01 Å². The Bertz CT molecular complexity index is 443. The lowest BCUT2D eigenvalue weighted by Gasteiger charge is -2.23. The fraction of sp³-hybridized carbons (Fsp3) is 0.417. The number of rotatable bonds is 4. The molecule has 0 saturated carbocycles. The fourth-order valence-electron chi connectivity index (χ4n) is 1.51. The number of aryl methyl sites for hydroxylation is 1. The molecule has 0 aliphatic rings. The van der Waals surface area contributed by atoms with Crippen LogP contribution in [0.3, 0.4) is 0 Å². The van der Waals surface area contributed by atoms with Crippen LogP contribution >= 0.6 is 11.3 Å². The minimum absolute atomic E-state index is 0.0732. The zero-order chi connectivity index (χ0) is 11.6. The second kappa shape index (κ2) is 4.39. The average molecular weight is 235 g/mol. The van der Waals surface area contributed by atoms with Crippen LogP contribution in [0.4, 0.5) is 0 Å². The van der Waals surface area contributed by atoms with Crippen LogP contribution in [0.5, 0.6) is 0 Å². The van der Waals surface area contributed by atoms with Crippen LogP contribution in [0.1, 0.15) is 29.3 Å². The molecule has 0 fully saturated rings. The van der Waals surface area contributed by atoms with Gasteiger partial charge in [0.15, 0.2) is 0 Å². The zero-order valence-electron chi connectivity index (χ0n) is 9.87. The van der Waals surface area contributed by atoms with E-state index in [9.17, 15) is 0 Å². The number of nitrogens with one attached hydrogen (secondary N) is 2. The van der Waals surface area contributed by atoms with Crippen molar-refractivity contribution in [2.24, 2.45) is 0 Å². The summed E-state index contributed by atoms with van der Waals surface area (Å²) < 4.78 is 0. The third-order valence-corrected chi connectivity index (χ3v) is 3.79. The molecule has 2 heterocycles. The van der Waals surface area contributed by atoms with Gasteiger partial charge in [-0.25, -0.2) is 4.98 Å². The topological polar surface area (TPSA) is 40.7 Å². The molecule has 0 spiro atoms. The molecule has 2 N–H and O–H groups in total. The maximum Gasteiger partial charge on any atom is 0.112 e. The summed E-state index contributed by atoms with van der Waals surface area (Å²) in [7, 11) is 0. The van der Waals surface area contributed by atoms with E-state index in [0.717, 1.165) is 11.6 Å². The molecule has 16 heavy (non-hydrogen) atoms. The Morgan fingerprint density at radius 3 is 2.88 bits per heavy atom. The Hall–Kier alpha value is -1.13. The largest absolute Gasteiger partial charge is 0.367 e. The van der Waals surface area contributed by atoms with Crippen molar-refractivity contribution in [3.63, 3.8) is 0 Å². The second-order valence-corrected chi connectivity index (χ2v) is 5.71. The average Bonchev–Trinajstić information content (AvgIpc) is 2.85. The lowest BCUT2D eigenvalue weighted by Crippen LogP contribution is -2.35. The number of nitrogens with zero attached hydrogens (tertiary/aromatic N) is 1. The molecule has 2 rings (SSSR count). The molecular formula is C12H17N3S. The maximum atomic E-state index is 4.44. The van der Waals surface area contributed by atoms with Crippen LogP contribution in [-0.4, -0.2) is 9.97 Å². The molecular weight excluding hydrogens is 218 g/mol. The summed E-state index contributed by atoms with van der Waals surface area (Å²) in [6, 6.07) is 2.08. The molecule has 0 unspecified atom stereocenters. The van der Waals surface area contributed by atoms with Crippen molar-refractivity contribution in [2.45, 2.75) is 32.9 Å². The Labute approximate surface area is 99.9 Å². The van der Waals surface area contributed by atoms with Crippen molar-refractivity contribution < 1.29 is 0 Å². The molecule has 0 aliphatic carbocycles. The third-order valence-electron chi connectivity index (χ3n) is 2.55. The van der Waals surface area contributed by atoms with Crippen molar-refractivity contribution in [3.05, 3.63) is 40.1 Å². The molecule has 0 bridgehead atoms. The van der Waals surface area contributed by atoms with Crippen LogP contribution in [0.15, 0.2) is 24.7 Å². The van der Waals surface area contributed by atoms with Gasteiger partial charge in [0.05, 0.1) is 5.54 Å². The van der Waals surface area contributed by atoms with Crippen molar-refractivity contribution in [1.29, 1.82) is 0 Å². The predicted octanol–water partition coefficient (Wildman–Crippen LogP) is 2.80. The van der Waals surface area contributed by atoms with Gasteiger partial charge >= 0.3 is 0 Å². The quantitative estimate of drug-likeness (QED) is 0.855. The Kier molecular flexibility index (Phi) is 3.12. The van der Waals surface area contributed by atoms with Gasteiger partial charge in [0.25, 0.3) is 0 Å². The van der Waals surface area contributed by atoms with Crippen molar-refractivity contribution in [2.75, 3.05) is 0 Å². The standard InChI is InChI=1S/C12H17N3S/c1-9-6-14-11(16-9)12(2,3)15-8-10-4-5-13-7-10/h4-7,13,15H,8H2,1-3H3. The van der Waals surface area contributed by atoms with Crippen LogP contribution in [-0.2, 0) is 12.1 Å². The highest BCUT2D eigenvalue weighted by Crippen LogP contribution is 2.25. The number of aromatic nitrogens is 2. The molecule has 4 heteroatoms. The highest BCUT2D eigenvalue weighted by atomic mass is 32.1. The first-order valence-corrected chi connectivity index (χ1v) is 6.19. The number of aromatic amines is 1. The van der Waals surface area contributed by atoms with Crippen molar-refractivity contribution >= 4 is 11.3 Å². The van der Waals surface area contributed by atoms with Gasteiger partial charge in [0.2, 0.25) is 0 Å². The summed E-state index contributed by atoms with van der Waals surface area (Å²) in [5, 5.41) is 4.66. The van der Waals surface area contributed by atoms with E-state index in [4.69, 9.17) is 0 Å². The van der Waals surface area contributed by atoms with E-state index in [-0.39, 0.29) is 5.54 Å². The minimum Gasteiger partial charge on any atom is -0.367 e. The molecule has 0 aromatic carbocycles. The van der Waals surface area contributed by atoms with E-state index in [1.54, 1.807) is 11.3 Å². The summed E-state index contributed by atoms with van der Waals surface area (Å²) >= 11 is 1.75. The molecule has 86 valence electrons. The number of H-pyrrole nitrogens is 1. The monoisotopic (exact) mass is 235 g/mol. The van der Waals surface area contributed by atoms with E-state index < -0.39 is 0 Å². The Balaban J connectivity index is 2.02. The van der Waals surface area contributed by atoms with Crippen molar-refractivity contribution in [1.82, 2.24) is 15.3 Å². The molecule has 0 atom stereocenters. The Morgan fingerprint density at radius 1 is 1.50 bits per heavy atom. The van der Waals surface area contributed by atoms with E-state index in [2.05, 4.69) is 42.1 Å². The molecule has 0 saturated heterocycles. The van der Waals surface area contributed by atoms with Gasteiger partial charge in [-0.05, 0) is 32.4 Å². The first kappa shape index (κ1) is 11.4. The molecule has 2 aromatic rings. The lowest BCUT2D eigenvalue weighted by atomic mass is 10.1. The van der Waals surface area contributed by atoms with Gasteiger partial charge in [-0.2, -0.15) is 0 Å². The van der Waals surface area contributed by atoms with Gasteiger partial charge < -0.3 is 10.3 Å². The van der Waals surface area contributed by atoms with E-state index in [1.807, 2.05) is 18.6 Å². The predicted molar refractivity (Wildman–Crippen MR) is 67.5 cm³/mol. The maximum absolute atomic E-state index is 4.44. The molecule has 3 nitrogen and oxygen atoms in total. The smallest absolute Gasteiger partial charge is 0.112 e. The molecule has 0 amide bonds. The van der Waals surface area contributed by atoms with Crippen LogP contribution in [0.2, 0.25) is 0 Å². The lowest BCUT2D eigenvalue weighted by molar-refractivity contribution is 0.399. The summed E-state index contributed by atoms with van der Waals surface area (Å²) in [6.45, 7) is 7.27. The number of hydrogen-bond donors (Lipinski definition) is 2. The van der Waals surface area contributed by atoms with E-state index in [0.29, 0.717) is 0 Å². The van der Waals surface area contributed by atoms with Gasteiger partial charge in [-0.15, -0.1) is 11.3 Å². The summed E-state index contributed by atoms with van der Waals surface area (Å²) in [4.78, 5) is 8.75. The highest BCUT2D eigenvalue weighted by molar-refractivity contribution is 7.11. The SMILES string of the molecule is Cc1cnc(C(C)(C)NCc2cc[nH]c2)s1. The first-order valence-electron chi connectivity index (χ1n) is 5.37. The normalized spacial score (nSPS) is 11.9. The zero-order valence-corrected chi connectivity index (χ0v) is 10.7. The van der Waals surface area contributed by atoms with Crippen LogP contribution < -0.4 is 5.32 Å². The van der Waals surface area contributed by atoms with Crippen LogP contribution in [0.25, 0.3) is 0 Å². The minimum atomic E-state index is -0.0732. The molecule has 0 aliphatic heterocycles. The Morgan fingerprint density at radius 2 is 2.31 bits per heavy atom. The summed E-state index contributed by atoms with van der Waals surface area (Å²) in [5.41, 5.74) is 1.19. The van der Waals surface area contributed by atoms with Gasteiger partial charge in [-0.3, -0.25) is 0 Å². The fourth-order valence-corrected chi connectivity index (χ4v) is 2.35. The number of hydrogen-bond acceptors (Lipinski definition) is 3. The van der Waals surface area contributed by atoms with E-state index in [1.165, 1.54) is 10.4 Å². The number of thiazole rings is 1. The second-order valence-electron chi connectivity index (χ2n) is 4.47.